The van der Waals surface area contributed by atoms with Gasteiger partial charge in [-0.2, -0.15) is 0 Å². The zero-order valence-corrected chi connectivity index (χ0v) is 17.7. The van der Waals surface area contributed by atoms with Crippen molar-refractivity contribution in [3.8, 4) is 0 Å². The first-order valence-electron chi connectivity index (χ1n) is 11.4. The Kier molecular flexibility index (Phi) is 8.25. The first-order chi connectivity index (χ1) is 13.7. The second-order valence-electron chi connectivity index (χ2n) is 8.42. The molecule has 1 saturated heterocycles. The number of alkyl carbamates (subject to hydrolysis) is 1. The Balaban J connectivity index is 1.47. The van der Waals surface area contributed by atoms with Gasteiger partial charge in [0, 0.05) is 31.7 Å². The van der Waals surface area contributed by atoms with Crippen molar-refractivity contribution in [2.24, 2.45) is 10.9 Å². The Labute approximate surface area is 170 Å². The third-order valence-corrected chi connectivity index (χ3v) is 6.27. The summed E-state index contributed by atoms with van der Waals surface area (Å²) < 4.78 is 5.04. The Morgan fingerprint density at radius 3 is 2.43 bits per heavy atom. The monoisotopic (exact) mass is 393 g/mol. The number of hydrogen-bond acceptors (Lipinski definition) is 4. The average molecular weight is 394 g/mol. The van der Waals surface area contributed by atoms with Gasteiger partial charge < -0.3 is 25.6 Å². The zero-order chi connectivity index (χ0) is 19.8. The van der Waals surface area contributed by atoms with Crippen molar-refractivity contribution in [1.29, 1.82) is 0 Å². The minimum absolute atomic E-state index is 0.0683. The summed E-state index contributed by atoms with van der Waals surface area (Å²) in [6.07, 6.45) is 9.93. The molecule has 1 atom stereocenters. The Hall–Kier alpha value is -1.50. The number of carbonyl (C=O) groups excluding carboxylic acids is 1. The molecule has 3 fully saturated rings. The molecule has 0 radical (unpaired) electrons. The Bertz CT molecular complexity index is 509. The third kappa shape index (κ3) is 6.54. The van der Waals surface area contributed by atoms with E-state index < -0.39 is 0 Å². The van der Waals surface area contributed by atoms with E-state index in [4.69, 9.17) is 9.73 Å². The molecule has 1 amide bonds. The summed E-state index contributed by atoms with van der Waals surface area (Å²) >= 11 is 0. The molecular formula is C21H39N5O2. The predicted molar refractivity (Wildman–Crippen MR) is 113 cm³/mol. The number of carbonyl (C=O) groups is 1. The molecule has 1 aliphatic heterocycles. The lowest BCUT2D eigenvalue weighted by Crippen LogP contribution is -2.50. The molecule has 0 aromatic heterocycles. The van der Waals surface area contributed by atoms with E-state index in [1.165, 1.54) is 51.6 Å². The van der Waals surface area contributed by atoms with Crippen molar-refractivity contribution >= 4 is 12.1 Å². The lowest BCUT2D eigenvalue weighted by Gasteiger charge is -2.36. The van der Waals surface area contributed by atoms with Gasteiger partial charge in [-0.25, -0.2) is 4.79 Å². The van der Waals surface area contributed by atoms with Crippen LogP contribution in [0, 0.1) is 5.92 Å². The molecule has 160 valence electrons. The molecule has 28 heavy (non-hydrogen) atoms. The summed E-state index contributed by atoms with van der Waals surface area (Å²) in [5, 5.41) is 9.99. The van der Waals surface area contributed by atoms with Gasteiger partial charge >= 0.3 is 6.09 Å². The zero-order valence-electron chi connectivity index (χ0n) is 17.7. The minimum Gasteiger partial charge on any atom is -0.450 e. The van der Waals surface area contributed by atoms with Crippen LogP contribution in [0.3, 0.4) is 0 Å². The van der Waals surface area contributed by atoms with Crippen molar-refractivity contribution < 1.29 is 9.53 Å². The number of nitrogens with one attached hydrogen (secondary N) is 3. The van der Waals surface area contributed by atoms with Crippen molar-refractivity contribution in [3.63, 3.8) is 0 Å². The van der Waals surface area contributed by atoms with Crippen LogP contribution in [0.15, 0.2) is 4.99 Å². The van der Waals surface area contributed by atoms with E-state index in [-0.39, 0.29) is 12.1 Å². The first-order valence-corrected chi connectivity index (χ1v) is 11.4. The molecule has 3 aliphatic rings. The molecule has 1 heterocycles. The maximum atomic E-state index is 11.8. The molecule has 1 unspecified atom stereocenters. The predicted octanol–water partition coefficient (Wildman–Crippen LogP) is 2.47. The fourth-order valence-electron chi connectivity index (χ4n) is 4.52. The number of ether oxygens (including phenoxy) is 1. The Morgan fingerprint density at radius 2 is 1.82 bits per heavy atom. The van der Waals surface area contributed by atoms with Gasteiger partial charge in [-0.3, -0.25) is 4.99 Å². The molecule has 2 saturated carbocycles. The van der Waals surface area contributed by atoms with Crippen LogP contribution < -0.4 is 16.0 Å². The molecule has 2 aliphatic carbocycles. The van der Waals surface area contributed by atoms with Gasteiger partial charge in [-0.1, -0.05) is 12.8 Å². The van der Waals surface area contributed by atoms with E-state index in [1.807, 2.05) is 6.92 Å². The number of rotatable bonds is 8. The van der Waals surface area contributed by atoms with Gasteiger partial charge in [0.05, 0.1) is 19.2 Å². The van der Waals surface area contributed by atoms with Gasteiger partial charge in [0.1, 0.15) is 0 Å². The number of amides is 1. The van der Waals surface area contributed by atoms with Crippen LogP contribution in [0.5, 0.6) is 0 Å². The largest absolute Gasteiger partial charge is 0.450 e. The van der Waals surface area contributed by atoms with Gasteiger partial charge in [0.25, 0.3) is 0 Å². The quantitative estimate of drug-likeness (QED) is 0.436. The number of aliphatic imine (C=N–C) groups is 1. The molecule has 0 spiro atoms. The molecule has 0 aromatic carbocycles. The number of nitrogens with zero attached hydrogens (tertiary/aromatic N) is 2. The highest BCUT2D eigenvalue weighted by Crippen LogP contribution is 2.33. The summed E-state index contributed by atoms with van der Waals surface area (Å²) in [6, 6.07) is 1.38. The van der Waals surface area contributed by atoms with Gasteiger partial charge in [0.2, 0.25) is 0 Å². The topological polar surface area (TPSA) is 78.0 Å². The van der Waals surface area contributed by atoms with Crippen molar-refractivity contribution in [1.82, 2.24) is 20.9 Å². The van der Waals surface area contributed by atoms with E-state index in [9.17, 15) is 4.79 Å². The maximum absolute atomic E-state index is 11.8. The van der Waals surface area contributed by atoms with Crippen LogP contribution in [0.4, 0.5) is 4.79 Å². The lowest BCUT2D eigenvalue weighted by atomic mass is 10.0. The van der Waals surface area contributed by atoms with Crippen molar-refractivity contribution in [2.75, 3.05) is 32.8 Å². The lowest BCUT2D eigenvalue weighted by molar-refractivity contribution is 0.147. The molecule has 0 bridgehead atoms. The van der Waals surface area contributed by atoms with E-state index in [1.54, 1.807) is 0 Å². The molecular weight excluding hydrogens is 354 g/mol. The van der Waals surface area contributed by atoms with E-state index in [2.05, 4.69) is 27.8 Å². The van der Waals surface area contributed by atoms with Gasteiger partial charge in [-0.15, -0.1) is 0 Å². The normalized spacial score (nSPS) is 23.4. The third-order valence-electron chi connectivity index (χ3n) is 6.27. The smallest absolute Gasteiger partial charge is 0.407 e. The first kappa shape index (κ1) is 21.2. The average Bonchev–Trinajstić information content (AvgIpc) is 3.39. The fraction of sp³-hybridized carbons (Fsp3) is 0.905. The van der Waals surface area contributed by atoms with E-state index in [0.717, 1.165) is 31.4 Å². The van der Waals surface area contributed by atoms with Gasteiger partial charge in [0.15, 0.2) is 5.96 Å². The molecule has 3 rings (SSSR count). The standard InChI is InChI=1S/C21H39N5O2/c1-3-22-20(23-15-19(16-9-10-16)25-21(27)28-4-2)24-17-11-13-26(14-12-17)18-7-5-6-8-18/h16-19H,3-15H2,1-2H3,(H,25,27)(H2,22,23,24). The van der Waals surface area contributed by atoms with Crippen LogP contribution in [-0.2, 0) is 4.74 Å². The number of likely N-dealkylation sites (tertiary alicyclic amines) is 1. The highest BCUT2D eigenvalue weighted by Gasteiger charge is 2.33. The van der Waals surface area contributed by atoms with Crippen LogP contribution in [0.2, 0.25) is 0 Å². The van der Waals surface area contributed by atoms with Crippen molar-refractivity contribution in [2.45, 2.75) is 83.3 Å². The van der Waals surface area contributed by atoms with Gasteiger partial charge in [-0.05, 0) is 58.3 Å². The summed E-state index contributed by atoms with van der Waals surface area (Å²) in [4.78, 5) is 19.3. The highest BCUT2D eigenvalue weighted by molar-refractivity contribution is 5.80. The highest BCUT2D eigenvalue weighted by atomic mass is 16.5. The van der Waals surface area contributed by atoms with Crippen LogP contribution in [-0.4, -0.2) is 67.9 Å². The molecule has 7 heteroatoms. The Morgan fingerprint density at radius 1 is 1.11 bits per heavy atom. The second kappa shape index (κ2) is 10.9. The number of hydrogen-bond donors (Lipinski definition) is 3. The summed E-state index contributed by atoms with van der Waals surface area (Å²) in [5.74, 6) is 1.41. The second-order valence-corrected chi connectivity index (χ2v) is 8.42. The molecule has 7 nitrogen and oxygen atoms in total. The van der Waals surface area contributed by atoms with E-state index >= 15 is 0 Å². The number of guanidine groups is 1. The molecule has 0 aromatic rings. The summed E-state index contributed by atoms with van der Waals surface area (Å²) in [7, 11) is 0. The summed E-state index contributed by atoms with van der Waals surface area (Å²) in [5.41, 5.74) is 0. The van der Waals surface area contributed by atoms with Crippen LogP contribution >= 0.6 is 0 Å². The van der Waals surface area contributed by atoms with Crippen molar-refractivity contribution in [3.05, 3.63) is 0 Å². The van der Waals surface area contributed by atoms with E-state index in [0.29, 0.717) is 25.1 Å². The summed E-state index contributed by atoms with van der Waals surface area (Å²) in [6.45, 7) is 8.14. The molecule has 3 N–H and O–H groups in total. The SMILES string of the molecule is CCNC(=NCC(NC(=O)OCC)C1CC1)NC1CCN(C2CCCC2)CC1. The fourth-order valence-corrected chi connectivity index (χ4v) is 4.52. The number of piperidine rings is 1. The maximum Gasteiger partial charge on any atom is 0.407 e. The minimum atomic E-state index is -0.327. The van der Waals surface area contributed by atoms with Crippen LogP contribution in [0.1, 0.15) is 65.2 Å². The van der Waals surface area contributed by atoms with Crippen LogP contribution in [0.25, 0.3) is 0 Å².